The first-order chi connectivity index (χ1) is 9.08. The fraction of sp³-hybridized carbons (Fsp3) is 0.143. The van der Waals surface area contributed by atoms with Gasteiger partial charge < -0.3 is 10.4 Å². The van der Waals surface area contributed by atoms with Gasteiger partial charge in [0.05, 0.1) is 5.56 Å². The molecule has 4 nitrogen and oxygen atoms in total. The van der Waals surface area contributed by atoms with Crippen molar-refractivity contribution in [3.05, 3.63) is 59.2 Å². The molecule has 1 aromatic heterocycles. The van der Waals surface area contributed by atoms with Crippen LogP contribution in [0.25, 0.3) is 0 Å². The molecule has 0 unspecified atom stereocenters. The summed E-state index contributed by atoms with van der Waals surface area (Å²) in [5.41, 5.74) is 1.78. The topological polar surface area (TPSA) is 62.2 Å². The van der Waals surface area contributed by atoms with E-state index < -0.39 is 11.7 Å². The molecule has 2 N–H and O–H groups in total. The van der Waals surface area contributed by atoms with E-state index in [9.17, 15) is 14.3 Å². The van der Waals surface area contributed by atoms with Crippen molar-refractivity contribution in [1.82, 2.24) is 10.3 Å². The Labute approximate surface area is 109 Å². The number of aryl methyl sites for hydroxylation is 1. The number of nitrogens with zero attached hydrogens (tertiary/aromatic N) is 1. The van der Waals surface area contributed by atoms with Gasteiger partial charge in [0.25, 0.3) is 5.91 Å². The number of pyridine rings is 1. The second-order valence-corrected chi connectivity index (χ2v) is 4.15. The van der Waals surface area contributed by atoms with Gasteiger partial charge in [0, 0.05) is 18.9 Å². The number of benzene rings is 1. The molecule has 1 heterocycles. The number of amides is 1. The smallest absolute Gasteiger partial charge is 0.255 e. The normalized spacial score (nSPS) is 10.2. The van der Waals surface area contributed by atoms with Crippen LogP contribution in [-0.2, 0) is 6.54 Å². The number of phenolic OH excluding ortho intramolecular Hbond substituents is 1. The fourth-order valence-electron chi connectivity index (χ4n) is 1.64. The van der Waals surface area contributed by atoms with E-state index in [-0.39, 0.29) is 17.9 Å². The van der Waals surface area contributed by atoms with Crippen LogP contribution < -0.4 is 5.32 Å². The second kappa shape index (κ2) is 5.48. The maximum Gasteiger partial charge on any atom is 0.255 e. The molecule has 0 aliphatic carbocycles. The first-order valence-corrected chi connectivity index (χ1v) is 5.74. The highest BCUT2D eigenvalue weighted by Gasteiger charge is 2.12. The Kier molecular flexibility index (Phi) is 3.75. The van der Waals surface area contributed by atoms with Gasteiger partial charge in [-0.1, -0.05) is 0 Å². The largest absolute Gasteiger partial charge is 0.507 e. The lowest BCUT2D eigenvalue weighted by Crippen LogP contribution is -2.23. The van der Waals surface area contributed by atoms with Crippen molar-refractivity contribution in [2.24, 2.45) is 0 Å². The highest BCUT2D eigenvalue weighted by atomic mass is 19.1. The minimum atomic E-state index is -0.569. The summed E-state index contributed by atoms with van der Waals surface area (Å²) in [6.07, 6.45) is 3.32. The molecule has 98 valence electrons. The summed E-state index contributed by atoms with van der Waals surface area (Å²) in [7, 11) is 0. The van der Waals surface area contributed by atoms with Gasteiger partial charge in [-0.2, -0.15) is 0 Å². The van der Waals surface area contributed by atoms with Crippen LogP contribution in [-0.4, -0.2) is 16.0 Å². The number of hydrogen-bond donors (Lipinski definition) is 2. The van der Waals surface area contributed by atoms with Crippen LogP contribution >= 0.6 is 0 Å². The average molecular weight is 260 g/mol. The molecule has 0 atom stereocenters. The lowest BCUT2D eigenvalue weighted by molar-refractivity contribution is 0.0947. The number of rotatable bonds is 3. The van der Waals surface area contributed by atoms with Crippen molar-refractivity contribution < 1.29 is 14.3 Å². The van der Waals surface area contributed by atoms with Gasteiger partial charge in [-0.3, -0.25) is 9.78 Å². The predicted octanol–water partition coefficient (Wildman–Crippen LogP) is 2.16. The van der Waals surface area contributed by atoms with Crippen molar-refractivity contribution >= 4 is 5.91 Å². The highest BCUT2D eigenvalue weighted by Crippen LogP contribution is 2.17. The van der Waals surface area contributed by atoms with Gasteiger partial charge in [-0.25, -0.2) is 4.39 Å². The van der Waals surface area contributed by atoms with E-state index in [4.69, 9.17) is 0 Å². The zero-order valence-corrected chi connectivity index (χ0v) is 10.4. The predicted molar refractivity (Wildman–Crippen MR) is 68.2 cm³/mol. The van der Waals surface area contributed by atoms with Crippen LogP contribution in [0.3, 0.4) is 0 Å². The van der Waals surface area contributed by atoms with E-state index in [2.05, 4.69) is 10.3 Å². The Balaban J connectivity index is 2.10. The maximum atomic E-state index is 13.0. The molecule has 0 aliphatic rings. The number of hydrogen-bond acceptors (Lipinski definition) is 3. The Morgan fingerprint density at radius 2 is 2.21 bits per heavy atom. The number of carbonyl (C=O) groups is 1. The van der Waals surface area contributed by atoms with E-state index in [0.717, 1.165) is 29.3 Å². The first kappa shape index (κ1) is 13.0. The highest BCUT2D eigenvalue weighted by molar-refractivity contribution is 5.96. The maximum absolute atomic E-state index is 13.0. The molecule has 19 heavy (non-hydrogen) atoms. The molecule has 2 aromatic rings. The third-order valence-corrected chi connectivity index (χ3v) is 2.79. The van der Waals surface area contributed by atoms with Gasteiger partial charge in [0.15, 0.2) is 0 Å². The monoisotopic (exact) mass is 260 g/mol. The fourth-order valence-corrected chi connectivity index (χ4v) is 1.64. The van der Waals surface area contributed by atoms with E-state index in [1.54, 1.807) is 12.4 Å². The Morgan fingerprint density at radius 3 is 2.95 bits per heavy atom. The van der Waals surface area contributed by atoms with Gasteiger partial charge in [-0.05, 0) is 42.3 Å². The van der Waals surface area contributed by atoms with Crippen LogP contribution in [0.1, 0.15) is 21.5 Å². The number of aromatic nitrogens is 1. The number of carbonyl (C=O) groups excluding carboxylic acids is 1. The van der Waals surface area contributed by atoms with Crippen LogP contribution in [0.5, 0.6) is 5.75 Å². The lowest BCUT2D eigenvalue weighted by Gasteiger charge is -2.08. The zero-order chi connectivity index (χ0) is 13.8. The molecule has 0 fully saturated rings. The molecule has 5 heteroatoms. The molecule has 1 aromatic carbocycles. The Bertz CT molecular complexity index is 614. The summed E-state index contributed by atoms with van der Waals surface area (Å²) in [6.45, 7) is 2.18. The SMILES string of the molecule is Cc1ccncc1CNC(=O)c1cc(F)ccc1O. The average Bonchev–Trinajstić information content (AvgIpc) is 2.40. The molecule has 1 amide bonds. The number of phenols is 1. The third kappa shape index (κ3) is 3.07. The molecule has 2 rings (SSSR count). The van der Waals surface area contributed by atoms with Crippen LogP contribution in [0, 0.1) is 12.7 Å². The second-order valence-electron chi connectivity index (χ2n) is 4.15. The first-order valence-electron chi connectivity index (χ1n) is 5.74. The number of aromatic hydroxyl groups is 1. The van der Waals surface area contributed by atoms with E-state index >= 15 is 0 Å². The van der Waals surface area contributed by atoms with Gasteiger partial charge in [0.2, 0.25) is 0 Å². The molecule has 0 aliphatic heterocycles. The van der Waals surface area contributed by atoms with Crippen molar-refractivity contribution in [1.29, 1.82) is 0 Å². The van der Waals surface area contributed by atoms with E-state index in [0.29, 0.717) is 0 Å². The van der Waals surface area contributed by atoms with Crippen molar-refractivity contribution in [2.75, 3.05) is 0 Å². The Morgan fingerprint density at radius 1 is 1.42 bits per heavy atom. The summed E-state index contributed by atoms with van der Waals surface area (Å²) < 4.78 is 13.0. The summed E-state index contributed by atoms with van der Waals surface area (Å²) in [6, 6.07) is 5.08. The summed E-state index contributed by atoms with van der Waals surface area (Å²) in [5, 5.41) is 12.1. The molecule has 0 radical (unpaired) electrons. The van der Waals surface area contributed by atoms with Gasteiger partial charge >= 0.3 is 0 Å². The third-order valence-electron chi connectivity index (χ3n) is 2.79. The van der Waals surface area contributed by atoms with Gasteiger partial charge in [-0.15, -0.1) is 0 Å². The van der Waals surface area contributed by atoms with Crippen molar-refractivity contribution in [3.63, 3.8) is 0 Å². The minimum Gasteiger partial charge on any atom is -0.507 e. The lowest BCUT2D eigenvalue weighted by atomic mass is 10.1. The quantitative estimate of drug-likeness (QED) is 0.889. The standard InChI is InChI=1S/C14H13FN2O2/c1-9-4-5-16-7-10(9)8-17-14(19)12-6-11(15)2-3-13(12)18/h2-7,18H,8H2,1H3,(H,17,19). The van der Waals surface area contributed by atoms with Gasteiger partial charge in [0.1, 0.15) is 11.6 Å². The Hall–Kier alpha value is -2.43. The molecular formula is C14H13FN2O2. The molecular weight excluding hydrogens is 247 g/mol. The van der Waals surface area contributed by atoms with Crippen LogP contribution in [0.2, 0.25) is 0 Å². The van der Waals surface area contributed by atoms with Crippen LogP contribution in [0.4, 0.5) is 4.39 Å². The molecule has 0 saturated heterocycles. The molecule has 0 saturated carbocycles. The number of nitrogens with one attached hydrogen (secondary N) is 1. The molecule has 0 spiro atoms. The summed E-state index contributed by atoms with van der Waals surface area (Å²) >= 11 is 0. The zero-order valence-electron chi connectivity index (χ0n) is 10.4. The van der Waals surface area contributed by atoms with Crippen molar-refractivity contribution in [2.45, 2.75) is 13.5 Å². The molecule has 0 bridgehead atoms. The minimum absolute atomic E-state index is 0.0819. The number of halogens is 1. The summed E-state index contributed by atoms with van der Waals surface area (Å²) in [5.74, 6) is -1.34. The summed E-state index contributed by atoms with van der Waals surface area (Å²) in [4.78, 5) is 15.8. The van der Waals surface area contributed by atoms with E-state index in [1.807, 2.05) is 13.0 Å². The van der Waals surface area contributed by atoms with Crippen molar-refractivity contribution in [3.8, 4) is 5.75 Å². The van der Waals surface area contributed by atoms with Crippen LogP contribution in [0.15, 0.2) is 36.7 Å². The van der Waals surface area contributed by atoms with E-state index in [1.165, 1.54) is 0 Å².